The van der Waals surface area contributed by atoms with Gasteiger partial charge in [-0.2, -0.15) is 0 Å². The van der Waals surface area contributed by atoms with E-state index >= 15 is 0 Å². The highest BCUT2D eigenvalue weighted by Gasteiger charge is 2.01. The molecule has 0 heterocycles. The lowest BCUT2D eigenvalue weighted by Crippen LogP contribution is -2.20. The molecule has 0 aliphatic rings. The molecule has 0 radical (unpaired) electrons. The molecule has 2 rings (SSSR count). The third-order valence-corrected chi connectivity index (χ3v) is 3.41. The van der Waals surface area contributed by atoms with E-state index in [0.29, 0.717) is 28.9 Å². The van der Waals surface area contributed by atoms with Crippen molar-refractivity contribution in [2.24, 2.45) is 0 Å². The molecule has 0 bridgehead atoms. The molecule has 0 fully saturated rings. The smallest absolute Gasteiger partial charge is 0.138 e. The Balaban J connectivity index is 1.71. The molecule has 2 aromatic carbocycles. The molecule has 20 heavy (non-hydrogen) atoms. The van der Waals surface area contributed by atoms with Crippen LogP contribution in [0.4, 0.5) is 0 Å². The largest absolute Gasteiger partial charge is 0.491 e. The van der Waals surface area contributed by atoms with Crippen LogP contribution in [0.25, 0.3) is 0 Å². The van der Waals surface area contributed by atoms with E-state index in [-0.39, 0.29) is 0 Å². The van der Waals surface area contributed by atoms with Gasteiger partial charge in [-0.1, -0.05) is 46.9 Å². The summed E-state index contributed by atoms with van der Waals surface area (Å²) in [6, 6.07) is 12.9. The maximum atomic E-state index is 6.01. The van der Waals surface area contributed by atoms with Crippen molar-refractivity contribution < 1.29 is 4.74 Å². The Hall–Kier alpha value is -0.930. The number of nitrogens with one attached hydrogen (secondary N) is 1. The summed E-state index contributed by atoms with van der Waals surface area (Å²) in [6.45, 7) is 1.99. The SMILES string of the molecule is Clc1cccc(CNCCOc2ccc(Cl)cc2Cl)c1. The van der Waals surface area contributed by atoms with Crippen molar-refractivity contribution in [2.45, 2.75) is 6.54 Å². The molecule has 2 aromatic rings. The first kappa shape index (κ1) is 15.5. The zero-order chi connectivity index (χ0) is 14.4. The lowest BCUT2D eigenvalue weighted by Gasteiger charge is -2.09. The van der Waals surface area contributed by atoms with Crippen molar-refractivity contribution in [1.82, 2.24) is 5.32 Å². The van der Waals surface area contributed by atoms with Crippen molar-refractivity contribution in [2.75, 3.05) is 13.2 Å². The highest BCUT2D eigenvalue weighted by Crippen LogP contribution is 2.27. The van der Waals surface area contributed by atoms with Crippen molar-refractivity contribution in [3.63, 3.8) is 0 Å². The lowest BCUT2D eigenvalue weighted by molar-refractivity contribution is 0.314. The van der Waals surface area contributed by atoms with Gasteiger partial charge in [0.1, 0.15) is 12.4 Å². The van der Waals surface area contributed by atoms with E-state index in [9.17, 15) is 0 Å². The highest BCUT2D eigenvalue weighted by atomic mass is 35.5. The summed E-state index contributed by atoms with van der Waals surface area (Å²) < 4.78 is 5.57. The van der Waals surface area contributed by atoms with Crippen LogP contribution in [0.1, 0.15) is 5.56 Å². The molecule has 0 aromatic heterocycles. The van der Waals surface area contributed by atoms with Crippen molar-refractivity contribution in [3.8, 4) is 5.75 Å². The van der Waals surface area contributed by atoms with Gasteiger partial charge in [0.15, 0.2) is 0 Å². The molecular weight excluding hydrogens is 317 g/mol. The molecule has 0 aliphatic carbocycles. The van der Waals surface area contributed by atoms with Crippen LogP contribution >= 0.6 is 34.8 Å². The molecule has 0 saturated carbocycles. The second-order valence-corrected chi connectivity index (χ2v) is 5.51. The normalized spacial score (nSPS) is 10.6. The van der Waals surface area contributed by atoms with Gasteiger partial charge < -0.3 is 10.1 Å². The number of halogens is 3. The zero-order valence-corrected chi connectivity index (χ0v) is 13.0. The van der Waals surface area contributed by atoms with Crippen LogP contribution in [0.15, 0.2) is 42.5 Å². The third kappa shape index (κ3) is 4.88. The molecule has 0 spiro atoms. The van der Waals surface area contributed by atoms with Gasteiger partial charge in [0, 0.05) is 23.1 Å². The number of ether oxygens (including phenoxy) is 1. The van der Waals surface area contributed by atoms with E-state index in [1.165, 1.54) is 0 Å². The molecule has 0 unspecified atom stereocenters. The number of hydrogen-bond donors (Lipinski definition) is 1. The molecule has 0 atom stereocenters. The van der Waals surface area contributed by atoms with Gasteiger partial charge in [0.2, 0.25) is 0 Å². The van der Waals surface area contributed by atoms with Gasteiger partial charge >= 0.3 is 0 Å². The standard InChI is InChI=1S/C15H14Cl3NO/c16-12-3-1-2-11(8-12)10-19-6-7-20-15-5-4-13(17)9-14(15)18/h1-5,8-9,19H,6-7,10H2. The van der Waals surface area contributed by atoms with Crippen LogP contribution < -0.4 is 10.1 Å². The molecular formula is C15H14Cl3NO. The number of benzene rings is 2. The van der Waals surface area contributed by atoms with E-state index in [4.69, 9.17) is 39.5 Å². The molecule has 0 saturated heterocycles. The summed E-state index contributed by atoms with van der Waals surface area (Å²) in [5, 5.41) is 5.14. The highest BCUT2D eigenvalue weighted by molar-refractivity contribution is 6.35. The second-order valence-electron chi connectivity index (χ2n) is 4.23. The Morgan fingerprint density at radius 2 is 1.75 bits per heavy atom. The Morgan fingerprint density at radius 3 is 2.50 bits per heavy atom. The fourth-order valence-corrected chi connectivity index (χ4v) is 2.38. The first-order valence-electron chi connectivity index (χ1n) is 6.18. The summed E-state index contributed by atoms with van der Waals surface area (Å²) in [7, 11) is 0. The minimum absolute atomic E-state index is 0.521. The summed E-state index contributed by atoms with van der Waals surface area (Å²) in [5.74, 6) is 0.639. The van der Waals surface area contributed by atoms with Crippen molar-refractivity contribution >= 4 is 34.8 Å². The zero-order valence-electron chi connectivity index (χ0n) is 10.7. The van der Waals surface area contributed by atoms with E-state index in [0.717, 1.165) is 17.1 Å². The van der Waals surface area contributed by atoms with E-state index in [2.05, 4.69) is 5.32 Å². The van der Waals surface area contributed by atoms with Crippen LogP contribution in [0.3, 0.4) is 0 Å². The van der Waals surface area contributed by atoms with Gasteiger partial charge in [-0.05, 0) is 35.9 Å². The monoisotopic (exact) mass is 329 g/mol. The van der Waals surface area contributed by atoms with Crippen LogP contribution in [0, 0.1) is 0 Å². The van der Waals surface area contributed by atoms with Crippen LogP contribution in [-0.4, -0.2) is 13.2 Å². The summed E-state index contributed by atoms with van der Waals surface area (Å²) in [6.07, 6.45) is 0. The lowest BCUT2D eigenvalue weighted by atomic mass is 10.2. The minimum atomic E-state index is 0.521. The summed E-state index contributed by atoms with van der Waals surface area (Å²) >= 11 is 17.7. The topological polar surface area (TPSA) is 21.3 Å². The average Bonchev–Trinajstić information content (AvgIpc) is 2.41. The molecule has 1 N–H and O–H groups in total. The Labute approximate surface area is 133 Å². The van der Waals surface area contributed by atoms with E-state index < -0.39 is 0 Å². The third-order valence-electron chi connectivity index (χ3n) is 2.65. The quantitative estimate of drug-likeness (QED) is 0.767. The second kappa shape index (κ2) is 7.75. The maximum absolute atomic E-state index is 6.01. The number of rotatable bonds is 6. The fourth-order valence-electron chi connectivity index (χ4n) is 1.71. The van der Waals surface area contributed by atoms with Crippen LogP contribution in [0.5, 0.6) is 5.75 Å². The predicted octanol–water partition coefficient (Wildman–Crippen LogP) is 4.82. The molecule has 106 valence electrons. The molecule has 0 aliphatic heterocycles. The summed E-state index contributed by atoms with van der Waals surface area (Å²) in [5.41, 5.74) is 1.14. The van der Waals surface area contributed by atoms with E-state index in [1.807, 2.05) is 24.3 Å². The molecule has 5 heteroatoms. The molecule has 0 amide bonds. The first-order valence-corrected chi connectivity index (χ1v) is 7.31. The van der Waals surface area contributed by atoms with Gasteiger partial charge in [-0.15, -0.1) is 0 Å². The Bertz CT molecular complexity index is 575. The van der Waals surface area contributed by atoms with E-state index in [1.54, 1.807) is 18.2 Å². The van der Waals surface area contributed by atoms with Crippen molar-refractivity contribution in [3.05, 3.63) is 63.1 Å². The first-order chi connectivity index (χ1) is 9.65. The van der Waals surface area contributed by atoms with Gasteiger partial charge in [0.05, 0.1) is 5.02 Å². The molecule has 2 nitrogen and oxygen atoms in total. The fraction of sp³-hybridized carbons (Fsp3) is 0.200. The summed E-state index contributed by atoms with van der Waals surface area (Å²) in [4.78, 5) is 0. The van der Waals surface area contributed by atoms with Gasteiger partial charge in [0.25, 0.3) is 0 Å². The minimum Gasteiger partial charge on any atom is -0.491 e. The van der Waals surface area contributed by atoms with Gasteiger partial charge in [-0.25, -0.2) is 0 Å². The van der Waals surface area contributed by atoms with Crippen LogP contribution in [0.2, 0.25) is 15.1 Å². The Kier molecular flexibility index (Phi) is 5.99. The number of hydrogen-bond acceptors (Lipinski definition) is 2. The Morgan fingerprint density at radius 1 is 0.950 bits per heavy atom. The van der Waals surface area contributed by atoms with Crippen LogP contribution in [-0.2, 0) is 6.54 Å². The maximum Gasteiger partial charge on any atom is 0.138 e. The van der Waals surface area contributed by atoms with Crippen molar-refractivity contribution in [1.29, 1.82) is 0 Å². The predicted molar refractivity (Wildman–Crippen MR) is 85.1 cm³/mol. The van der Waals surface area contributed by atoms with Gasteiger partial charge in [-0.3, -0.25) is 0 Å². The average molecular weight is 331 g/mol.